The van der Waals surface area contributed by atoms with Crippen LogP contribution in [-0.4, -0.2) is 20.9 Å². The molecule has 3 rings (SSSR count). The second kappa shape index (κ2) is 11.4. The first-order valence-corrected chi connectivity index (χ1v) is 13.1. The van der Waals surface area contributed by atoms with Crippen molar-refractivity contribution in [2.75, 3.05) is 11.9 Å². The monoisotopic (exact) mass is 602 g/mol. The number of anilines is 1. The summed E-state index contributed by atoms with van der Waals surface area (Å²) in [6.45, 7) is 5.72. The average Bonchev–Trinajstić information content (AvgIpc) is 2.81. The lowest BCUT2D eigenvalue weighted by molar-refractivity contribution is -0.112. The Morgan fingerprint density at radius 3 is 2.43 bits per heavy atom. The van der Waals surface area contributed by atoms with Gasteiger partial charge in [0.05, 0.1) is 10.2 Å². The Kier molecular flexibility index (Phi) is 8.53. The van der Waals surface area contributed by atoms with Crippen LogP contribution in [0.4, 0.5) is 5.69 Å². The van der Waals surface area contributed by atoms with Crippen molar-refractivity contribution in [3.63, 3.8) is 0 Å². The van der Waals surface area contributed by atoms with E-state index in [1.54, 1.807) is 37.3 Å². The van der Waals surface area contributed by atoms with Crippen LogP contribution in [0.25, 0.3) is 6.08 Å². The van der Waals surface area contributed by atoms with E-state index in [-0.39, 0.29) is 28.6 Å². The van der Waals surface area contributed by atoms with Gasteiger partial charge in [0.25, 0.3) is 5.91 Å². The molecule has 180 valence electrons. The van der Waals surface area contributed by atoms with E-state index < -0.39 is 16.0 Å². The Bertz CT molecular complexity index is 1430. The predicted molar refractivity (Wildman–Crippen MR) is 143 cm³/mol. The maximum atomic E-state index is 12.8. The third-order valence-electron chi connectivity index (χ3n) is 4.90. The summed E-state index contributed by atoms with van der Waals surface area (Å²) in [5.41, 5.74) is 2.75. The summed E-state index contributed by atoms with van der Waals surface area (Å²) < 4.78 is 37.2. The van der Waals surface area contributed by atoms with Crippen LogP contribution >= 0.6 is 22.6 Å². The van der Waals surface area contributed by atoms with Crippen molar-refractivity contribution in [3.05, 3.63) is 86.5 Å². The van der Waals surface area contributed by atoms with Gasteiger partial charge in [0.1, 0.15) is 16.5 Å². The average molecular weight is 602 g/mol. The normalized spacial score (nSPS) is 11.5. The molecule has 0 aromatic heterocycles. The summed E-state index contributed by atoms with van der Waals surface area (Å²) in [5.74, 6) is -0.344. The molecule has 0 saturated heterocycles. The minimum atomic E-state index is -4.10. The fraction of sp³-hybridized carbons (Fsp3) is 0.154. The Morgan fingerprint density at radius 1 is 1.11 bits per heavy atom. The minimum Gasteiger partial charge on any atom is -0.490 e. The van der Waals surface area contributed by atoms with Gasteiger partial charge in [0, 0.05) is 5.69 Å². The summed E-state index contributed by atoms with van der Waals surface area (Å²) in [6.07, 6.45) is 1.41. The zero-order valence-electron chi connectivity index (χ0n) is 19.3. The Hall–Kier alpha value is -3.36. The van der Waals surface area contributed by atoms with Crippen LogP contribution in [0.3, 0.4) is 0 Å². The lowest BCUT2D eigenvalue weighted by atomic mass is 10.1. The number of halogens is 1. The Morgan fingerprint density at radius 2 is 1.80 bits per heavy atom. The molecule has 0 fully saturated rings. The van der Waals surface area contributed by atoms with E-state index in [0.717, 1.165) is 11.1 Å². The molecular weight excluding hydrogens is 579 g/mol. The van der Waals surface area contributed by atoms with Crippen LogP contribution in [0, 0.1) is 28.7 Å². The molecule has 1 N–H and O–H groups in total. The first kappa shape index (κ1) is 26.2. The van der Waals surface area contributed by atoms with Gasteiger partial charge in [0.2, 0.25) is 0 Å². The lowest BCUT2D eigenvalue weighted by Crippen LogP contribution is -2.14. The van der Waals surface area contributed by atoms with E-state index in [1.807, 2.05) is 54.6 Å². The maximum Gasteiger partial charge on any atom is 0.339 e. The van der Waals surface area contributed by atoms with E-state index in [4.69, 9.17) is 8.92 Å². The summed E-state index contributed by atoms with van der Waals surface area (Å²) in [4.78, 5) is 12.7. The molecule has 0 heterocycles. The van der Waals surface area contributed by atoms with Gasteiger partial charge in [-0.05, 0) is 90.9 Å². The fourth-order valence-electron chi connectivity index (χ4n) is 3.10. The number of rotatable bonds is 8. The van der Waals surface area contributed by atoms with Gasteiger partial charge in [0.15, 0.2) is 11.5 Å². The second-order valence-electron chi connectivity index (χ2n) is 7.55. The SMILES string of the molecule is CCOc1cc(/C=C(\C#N)C(=O)Nc2ccccc2C)cc(I)c1OS(=O)(=O)c1ccc(C)cc1. The molecule has 0 radical (unpaired) electrons. The molecule has 0 unspecified atom stereocenters. The van der Waals surface area contributed by atoms with Crippen molar-refractivity contribution < 1.29 is 22.1 Å². The highest BCUT2D eigenvalue weighted by Gasteiger charge is 2.22. The summed E-state index contributed by atoms with van der Waals surface area (Å²) >= 11 is 1.93. The predicted octanol–water partition coefficient (Wildman–Crippen LogP) is 5.62. The van der Waals surface area contributed by atoms with Crippen LogP contribution in [0.1, 0.15) is 23.6 Å². The molecule has 0 aliphatic rings. The van der Waals surface area contributed by atoms with E-state index in [9.17, 15) is 18.5 Å². The molecule has 7 nitrogen and oxygen atoms in total. The van der Waals surface area contributed by atoms with E-state index in [1.165, 1.54) is 24.3 Å². The van der Waals surface area contributed by atoms with Gasteiger partial charge in [-0.2, -0.15) is 13.7 Å². The number of nitrogens with zero attached hydrogens (tertiary/aromatic N) is 1. The van der Waals surface area contributed by atoms with Gasteiger partial charge in [-0.3, -0.25) is 4.79 Å². The highest BCUT2D eigenvalue weighted by atomic mass is 127. The molecule has 3 aromatic carbocycles. The van der Waals surface area contributed by atoms with Crippen LogP contribution in [0.15, 0.2) is 71.1 Å². The number of ether oxygens (including phenoxy) is 1. The van der Waals surface area contributed by atoms with Crippen molar-refractivity contribution in [3.8, 4) is 17.6 Å². The van der Waals surface area contributed by atoms with Gasteiger partial charge in [-0.25, -0.2) is 0 Å². The lowest BCUT2D eigenvalue weighted by Gasteiger charge is -2.15. The highest BCUT2D eigenvalue weighted by Crippen LogP contribution is 2.37. The highest BCUT2D eigenvalue weighted by molar-refractivity contribution is 14.1. The van der Waals surface area contributed by atoms with Crippen molar-refractivity contribution in [2.24, 2.45) is 0 Å². The van der Waals surface area contributed by atoms with Crippen LogP contribution in [0.5, 0.6) is 11.5 Å². The first-order valence-electron chi connectivity index (χ1n) is 10.6. The van der Waals surface area contributed by atoms with E-state index in [0.29, 0.717) is 14.8 Å². The molecule has 0 atom stereocenters. The fourth-order valence-corrected chi connectivity index (χ4v) is 4.94. The zero-order chi connectivity index (χ0) is 25.6. The summed E-state index contributed by atoms with van der Waals surface area (Å²) in [6, 6.07) is 18.6. The van der Waals surface area contributed by atoms with Crippen molar-refractivity contribution in [1.29, 1.82) is 5.26 Å². The number of carbonyl (C=O) groups excluding carboxylic acids is 1. The summed E-state index contributed by atoms with van der Waals surface area (Å²) in [7, 11) is -4.10. The largest absolute Gasteiger partial charge is 0.490 e. The van der Waals surface area contributed by atoms with Crippen LogP contribution < -0.4 is 14.2 Å². The van der Waals surface area contributed by atoms with Crippen LogP contribution in [0.2, 0.25) is 0 Å². The molecule has 0 spiro atoms. The number of amides is 1. The molecule has 1 amide bonds. The van der Waals surface area contributed by atoms with E-state index in [2.05, 4.69) is 5.32 Å². The topological polar surface area (TPSA) is 105 Å². The molecule has 0 bridgehead atoms. The van der Waals surface area contributed by atoms with Crippen LogP contribution in [-0.2, 0) is 14.9 Å². The first-order chi connectivity index (χ1) is 16.6. The number of hydrogen-bond acceptors (Lipinski definition) is 6. The molecule has 0 aliphatic carbocycles. The second-order valence-corrected chi connectivity index (χ2v) is 10.3. The number of nitrogens with one attached hydrogen (secondary N) is 1. The molecule has 9 heteroatoms. The molecular formula is C26H23IN2O5S. The van der Waals surface area contributed by atoms with Gasteiger partial charge in [-0.15, -0.1) is 0 Å². The van der Waals surface area contributed by atoms with Gasteiger partial charge < -0.3 is 14.2 Å². The number of nitriles is 1. The van der Waals surface area contributed by atoms with Gasteiger partial charge >= 0.3 is 10.1 Å². The third-order valence-corrected chi connectivity index (χ3v) is 6.94. The smallest absolute Gasteiger partial charge is 0.339 e. The number of carbonyl (C=O) groups is 1. The molecule has 0 saturated carbocycles. The van der Waals surface area contributed by atoms with Gasteiger partial charge in [-0.1, -0.05) is 35.9 Å². The van der Waals surface area contributed by atoms with Crippen molar-refractivity contribution >= 4 is 50.4 Å². The number of para-hydroxylation sites is 1. The Labute approximate surface area is 218 Å². The standard InChI is InChI=1S/C26H23IN2O5S/c1-4-33-24-15-19(13-20(16-28)26(30)29-23-8-6-5-7-18(23)3)14-22(27)25(24)34-35(31,32)21-11-9-17(2)10-12-21/h5-15H,4H2,1-3H3,(H,29,30)/b20-13+. The summed E-state index contributed by atoms with van der Waals surface area (Å²) in [5, 5.41) is 12.3. The number of benzene rings is 3. The van der Waals surface area contributed by atoms with Crippen molar-refractivity contribution in [1.82, 2.24) is 0 Å². The van der Waals surface area contributed by atoms with E-state index >= 15 is 0 Å². The Balaban J connectivity index is 1.95. The van der Waals surface area contributed by atoms with Crippen molar-refractivity contribution in [2.45, 2.75) is 25.7 Å². The number of hydrogen-bond donors (Lipinski definition) is 1. The molecule has 0 aliphatic heterocycles. The maximum absolute atomic E-state index is 12.8. The molecule has 35 heavy (non-hydrogen) atoms. The molecule has 3 aromatic rings. The third kappa shape index (κ3) is 6.61. The quantitative estimate of drug-likeness (QED) is 0.155. The number of aryl methyl sites for hydroxylation is 2. The minimum absolute atomic E-state index is 0.0185. The zero-order valence-corrected chi connectivity index (χ0v) is 22.3.